The average Bonchev–Trinajstić information content (AvgIpc) is 3.36. The highest BCUT2D eigenvalue weighted by Crippen LogP contribution is 2.38. The van der Waals surface area contributed by atoms with E-state index in [9.17, 15) is 9.59 Å². The van der Waals surface area contributed by atoms with E-state index in [-0.39, 0.29) is 0 Å². The smallest absolute Gasteiger partial charge is 0.340 e. The summed E-state index contributed by atoms with van der Waals surface area (Å²) in [6.45, 7) is 5.39. The maximum Gasteiger partial charge on any atom is 0.340 e. The van der Waals surface area contributed by atoms with Crippen LogP contribution in [0.2, 0.25) is 10.0 Å². The second-order valence-corrected chi connectivity index (χ2v) is 7.39. The first kappa shape index (κ1) is 18.8. The van der Waals surface area contributed by atoms with E-state index < -0.39 is 18.0 Å². The Hall–Kier alpha value is -1.98. The molecule has 0 unspecified atom stereocenters. The number of halogens is 2. The van der Waals surface area contributed by atoms with E-state index in [0.717, 1.165) is 24.2 Å². The molecule has 138 valence electrons. The molecule has 0 saturated heterocycles. The summed E-state index contributed by atoms with van der Waals surface area (Å²) in [5, 5.41) is 3.43. The van der Waals surface area contributed by atoms with Crippen molar-refractivity contribution in [1.82, 2.24) is 4.57 Å². The van der Waals surface area contributed by atoms with Crippen molar-refractivity contribution in [1.29, 1.82) is 0 Å². The first-order valence-corrected chi connectivity index (χ1v) is 9.19. The van der Waals surface area contributed by atoms with Gasteiger partial charge in [-0.1, -0.05) is 23.2 Å². The molecule has 1 N–H and O–H groups in total. The van der Waals surface area contributed by atoms with Crippen LogP contribution in [0.15, 0.2) is 24.3 Å². The van der Waals surface area contributed by atoms with E-state index in [1.54, 1.807) is 18.2 Å². The van der Waals surface area contributed by atoms with Gasteiger partial charge in [-0.2, -0.15) is 0 Å². The van der Waals surface area contributed by atoms with Crippen molar-refractivity contribution in [2.24, 2.45) is 0 Å². The van der Waals surface area contributed by atoms with E-state index in [1.165, 1.54) is 6.92 Å². The van der Waals surface area contributed by atoms with Gasteiger partial charge in [0, 0.05) is 22.5 Å². The summed E-state index contributed by atoms with van der Waals surface area (Å²) in [5.41, 5.74) is 2.77. The number of anilines is 1. The Morgan fingerprint density at radius 1 is 1.23 bits per heavy atom. The number of hydrogen-bond donors (Lipinski definition) is 1. The Balaban J connectivity index is 1.68. The van der Waals surface area contributed by atoms with Crippen LogP contribution in [-0.4, -0.2) is 22.5 Å². The molecule has 5 nitrogen and oxygen atoms in total. The quantitative estimate of drug-likeness (QED) is 0.731. The summed E-state index contributed by atoms with van der Waals surface area (Å²) >= 11 is 12.0. The molecule has 0 aliphatic heterocycles. The van der Waals surface area contributed by atoms with Crippen molar-refractivity contribution in [2.45, 2.75) is 45.8 Å². The molecule has 1 fully saturated rings. The van der Waals surface area contributed by atoms with Gasteiger partial charge in [0.1, 0.15) is 0 Å². The number of esters is 1. The van der Waals surface area contributed by atoms with Crippen LogP contribution >= 0.6 is 23.2 Å². The monoisotopic (exact) mass is 394 g/mol. The molecule has 1 aromatic carbocycles. The van der Waals surface area contributed by atoms with E-state index in [0.29, 0.717) is 27.3 Å². The first-order chi connectivity index (χ1) is 12.3. The van der Waals surface area contributed by atoms with Crippen molar-refractivity contribution >= 4 is 40.8 Å². The number of benzene rings is 1. The maximum atomic E-state index is 12.5. The Labute approximate surface area is 162 Å². The molecule has 26 heavy (non-hydrogen) atoms. The number of nitrogens with zero attached hydrogens (tertiary/aromatic N) is 1. The molecule has 1 saturated carbocycles. The Kier molecular flexibility index (Phi) is 5.30. The van der Waals surface area contributed by atoms with Crippen molar-refractivity contribution in [2.75, 3.05) is 5.32 Å². The molecular weight excluding hydrogens is 375 g/mol. The number of amides is 1. The third kappa shape index (κ3) is 3.89. The summed E-state index contributed by atoms with van der Waals surface area (Å²) in [4.78, 5) is 24.8. The van der Waals surface area contributed by atoms with Crippen LogP contribution in [0.3, 0.4) is 0 Å². The van der Waals surface area contributed by atoms with Crippen LogP contribution in [0.25, 0.3) is 0 Å². The molecule has 0 radical (unpaired) electrons. The van der Waals surface area contributed by atoms with Gasteiger partial charge in [0.25, 0.3) is 5.91 Å². The summed E-state index contributed by atoms with van der Waals surface area (Å²) in [6.07, 6.45) is 1.29. The Morgan fingerprint density at radius 2 is 1.92 bits per heavy atom. The topological polar surface area (TPSA) is 60.3 Å². The van der Waals surface area contributed by atoms with E-state index in [2.05, 4.69) is 9.88 Å². The largest absolute Gasteiger partial charge is 0.449 e. The second kappa shape index (κ2) is 7.33. The van der Waals surface area contributed by atoms with Crippen molar-refractivity contribution in [3.63, 3.8) is 0 Å². The highest BCUT2D eigenvalue weighted by Gasteiger charge is 2.29. The Morgan fingerprint density at radius 3 is 2.58 bits per heavy atom. The lowest BCUT2D eigenvalue weighted by Gasteiger charge is -2.14. The van der Waals surface area contributed by atoms with Crippen molar-refractivity contribution in [3.05, 3.63) is 51.3 Å². The lowest BCUT2D eigenvalue weighted by atomic mass is 10.2. The molecule has 1 aliphatic rings. The zero-order chi connectivity index (χ0) is 19.0. The van der Waals surface area contributed by atoms with Gasteiger partial charge in [-0.3, -0.25) is 4.79 Å². The van der Waals surface area contributed by atoms with E-state index >= 15 is 0 Å². The van der Waals surface area contributed by atoms with Crippen molar-refractivity contribution < 1.29 is 14.3 Å². The van der Waals surface area contributed by atoms with Gasteiger partial charge in [0.05, 0.1) is 16.3 Å². The lowest BCUT2D eigenvalue weighted by Crippen LogP contribution is -2.30. The van der Waals surface area contributed by atoms with Gasteiger partial charge < -0.3 is 14.6 Å². The predicted octanol–water partition coefficient (Wildman–Crippen LogP) is 4.93. The average molecular weight is 395 g/mol. The third-order valence-corrected chi connectivity index (χ3v) is 5.02. The summed E-state index contributed by atoms with van der Waals surface area (Å²) in [5.74, 6) is -0.983. The van der Waals surface area contributed by atoms with Gasteiger partial charge in [0.15, 0.2) is 6.10 Å². The summed E-state index contributed by atoms with van der Waals surface area (Å²) < 4.78 is 7.51. The number of aryl methyl sites for hydroxylation is 1. The molecule has 1 aromatic heterocycles. The van der Waals surface area contributed by atoms with Gasteiger partial charge in [0.2, 0.25) is 0 Å². The normalized spacial score (nSPS) is 14.8. The Bertz CT molecular complexity index is 872. The lowest BCUT2D eigenvalue weighted by molar-refractivity contribution is -0.123. The van der Waals surface area contributed by atoms with Gasteiger partial charge in [-0.05, 0) is 57.9 Å². The highest BCUT2D eigenvalue weighted by molar-refractivity contribution is 6.35. The zero-order valence-electron chi connectivity index (χ0n) is 14.8. The molecular formula is C19H20Cl2N2O3. The van der Waals surface area contributed by atoms with Gasteiger partial charge >= 0.3 is 5.97 Å². The number of nitrogens with one attached hydrogen (secondary N) is 1. The van der Waals surface area contributed by atoms with Crippen LogP contribution in [0.1, 0.15) is 47.6 Å². The SMILES string of the molecule is Cc1cc(C(=O)O[C@H](C)C(=O)Nc2cc(Cl)ccc2Cl)c(C)n1C1CC1. The molecule has 1 aliphatic carbocycles. The fourth-order valence-corrected chi connectivity index (χ4v) is 3.32. The minimum absolute atomic E-state index is 0.356. The molecule has 1 amide bonds. The highest BCUT2D eigenvalue weighted by atomic mass is 35.5. The molecule has 1 heterocycles. The number of hydrogen-bond acceptors (Lipinski definition) is 3. The molecule has 0 spiro atoms. The molecule has 1 atom stereocenters. The van der Waals surface area contributed by atoms with Crippen LogP contribution in [0.5, 0.6) is 0 Å². The zero-order valence-corrected chi connectivity index (χ0v) is 16.3. The number of rotatable bonds is 5. The second-order valence-electron chi connectivity index (χ2n) is 6.55. The number of ether oxygens (including phenoxy) is 1. The molecule has 7 heteroatoms. The first-order valence-electron chi connectivity index (χ1n) is 8.43. The van der Waals surface area contributed by atoms with Crippen LogP contribution in [-0.2, 0) is 9.53 Å². The van der Waals surface area contributed by atoms with E-state index in [4.69, 9.17) is 27.9 Å². The predicted molar refractivity (Wildman–Crippen MR) is 102 cm³/mol. The molecule has 0 bridgehead atoms. The summed E-state index contributed by atoms with van der Waals surface area (Å²) in [6, 6.07) is 7.04. The summed E-state index contributed by atoms with van der Waals surface area (Å²) in [7, 11) is 0. The number of aromatic nitrogens is 1. The molecule has 2 aromatic rings. The van der Waals surface area contributed by atoms with Crippen LogP contribution < -0.4 is 5.32 Å². The van der Waals surface area contributed by atoms with Gasteiger partial charge in [-0.15, -0.1) is 0 Å². The minimum Gasteiger partial charge on any atom is -0.449 e. The molecule has 3 rings (SSSR count). The number of carbonyl (C=O) groups excluding carboxylic acids is 2. The van der Waals surface area contributed by atoms with Crippen LogP contribution in [0, 0.1) is 13.8 Å². The van der Waals surface area contributed by atoms with Crippen LogP contribution in [0.4, 0.5) is 5.69 Å². The van der Waals surface area contributed by atoms with Gasteiger partial charge in [-0.25, -0.2) is 4.79 Å². The maximum absolute atomic E-state index is 12.5. The van der Waals surface area contributed by atoms with E-state index in [1.807, 2.05) is 19.9 Å². The third-order valence-electron chi connectivity index (χ3n) is 4.46. The van der Waals surface area contributed by atoms with Crippen molar-refractivity contribution in [3.8, 4) is 0 Å². The fraction of sp³-hybridized carbons (Fsp3) is 0.368. The minimum atomic E-state index is -0.971. The fourth-order valence-electron chi connectivity index (χ4n) is 2.98. The standard InChI is InChI=1S/C19H20Cl2N2O3/c1-10-8-15(11(2)23(10)14-5-6-14)19(25)26-12(3)18(24)22-17-9-13(20)4-7-16(17)21/h4,7-9,12,14H,5-6H2,1-3H3,(H,22,24)/t12-/m1/s1. The number of carbonyl (C=O) groups is 2.